The molecule has 0 saturated heterocycles. The van der Waals surface area contributed by atoms with Crippen molar-refractivity contribution in [3.8, 4) is 0 Å². The first-order valence-electron chi connectivity index (χ1n) is 7.55. The van der Waals surface area contributed by atoms with Gasteiger partial charge in [-0.2, -0.15) is 0 Å². The minimum absolute atomic E-state index is 0.143. The topological polar surface area (TPSA) is 35.5 Å². The third-order valence-electron chi connectivity index (χ3n) is 3.27. The standard InChI is InChI=1S/C17H30N2O/c1-14(2)19(11-6-12-20)16-9-7-15(8-10-16)13-18-17(3,4)5/h7-10,14,18,20H,6,11-13H2,1-5H3. The zero-order valence-corrected chi connectivity index (χ0v) is 13.6. The van der Waals surface area contributed by atoms with E-state index in [1.807, 2.05) is 0 Å². The van der Waals surface area contributed by atoms with Crippen LogP contribution in [0.3, 0.4) is 0 Å². The maximum Gasteiger partial charge on any atom is 0.0447 e. The Morgan fingerprint density at radius 3 is 2.20 bits per heavy atom. The zero-order chi connectivity index (χ0) is 15.2. The second kappa shape index (κ2) is 7.65. The Hall–Kier alpha value is -1.06. The van der Waals surface area contributed by atoms with Crippen LogP contribution < -0.4 is 10.2 Å². The van der Waals surface area contributed by atoms with Gasteiger partial charge >= 0.3 is 0 Å². The third-order valence-corrected chi connectivity index (χ3v) is 3.27. The molecule has 0 heterocycles. The van der Waals surface area contributed by atoms with Crippen LogP contribution in [0.15, 0.2) is 24.3 Å². The van der Waals surface area contributed by atoms with E-state index in [9.17, 15) is 0 Å². The molecular weight excluding hydrogens is 248 g/mol. The number of nitrogens with one attached hydrogen (secondary N) is 1. The van der Waals surface area contributed by atoms with E-state index in [1.54, 1.807) is 0 Å². The lowest BCUT2D eigenvalue weighted by molar-refractivity contribution is 0.288. The Balaban J connectivity index is 2.68. The van der Waals surface area contributed by atoms with E-state index in [4.69, 9.17) is 5.11 Å². The molecule has 1 aromatic rings. The smallest absolute Gasteiger partial charge is 0.0447 e. The highest BCUT2D eigenvalue weighted by atomic mass is 16.3. The number of hydrogen-bond acceptors (Lipinski definition) is 3. The molecule has 2 N–H and O–H groups in total. The number of aliphatic hydroxyl groups is 1. The number of aliphatic hydroxyl groups excluding tert-OH is 1. The van der Waals surface area contributed by atoms with Crippen LogP contribution in [0.2, 0.25) is 0 Å². The first kappa shape index (κ1) is 17.0. The summed E-state index contributed by atoms with van der Waals surface area (Å²) in [6, 6.07) is 9.17. The summed E-state index contributed by atoms with van der Waals surface area (Å²) in [7, 11) is 0. The molecule has 0 atom stereocenters. The first-order chi connectivity index (χ1) is 9.33. The lowest BCUT2D eigenvalue weighted by Gasteiger charge is -2.29. The van der Waals surface area contributed by atoms with Crippen molar-refractivity contribution in [3.63, 3.8) is 0 Å². The molecule has 3 nitrogen and oxygen atoms in total. The Bertz CT molecular complexity index is 379. The van der Waals surface area contributed by atoms with Gasteiger partial charge in [-0.25, -0.2) is 0 Å². The van der Waals surface area contributed by atoms with E-state index in [0.717, 1.165) is 19.5 Å². The van der Waals surface area contributed by atoms with E-state index in [1.165, 1.54) is 11.3 Å². The molecule has 1 rings (SSSR count). The molecule has 0 spiro atoms. The Morgan fingerprint density at radius 2 is 1.75 bits per heavy atom. The average Bonchev–Trinajstić information content (AvgIpc) is 2.37. The monoisotopic (exact) mass is 278 g/mol. The van der Waals surface area contributed by atoms with E-state index in [-0.39, 0.29) is 12.1 Å². The highest BCUT2D eigenvalue weighted by Crippen LogP contribution is 2.18. The molecule has 0 aliphatic carbocycles. The number of anilines is 1. The lowest BCUT2D eigenvalue weighted by atomic mass is 10.1. The van der Waals surface area contributed by atoms with Crippen LogP contribution in [0.5, 0.6) is 0 Å². The van der Waals surface area contributed by atoms with Crippen LogP contribution in [-0.4, -0.2) is 29.8 Å². The van der Waals surface area contributed by atoms with Gasteiger partial charge in [-0.15, -0.1) is 0 Å². The van der Waals surface area contributed by atoms with Crippen LogP contribution in [-0.2, 0) is 6.54 Å². The summed E-state index contributed by atoms with van der Waals surface area (Å²) in [5.74, 6) is 0. The number of hydrogen-bond donors (Lipinski definition) is 2. The summed E-state index contributed by atoms with van der Waals surface area (Å²) in [6.07, 6.45) is 0.811. The van der Waals surface area contributed by atoms with Crippen LogP contribution >= 0.6 is 0 Å². The van der Waals surface area contributed by atoms with Gasteiger partial charge in [0.25, 0.3) is 0 Å². The quantitative estimate of drug-likeness (QED) is 0.804. The Morgan fingerprint density at radius 1 is 1.15 bits per heavy atom. The summed E-state index contributed by atoms with van der Waals surface area (Å²) >= 11 is 0. The van der Waals surface area contributed by atoms with Gasteiger partial charge in [0.15, 0.2) is 0 Å². The summed E-state index contributed by atoms with van der Waals surface area (Å²) < 4.78 is 0. The fourth-order valence-corrected chi connectivity index (χ4v) is 2.10. The zero-order valence-electron chi connectivity index (χ0n) is 13.6. The SMILES string of the molecule is CC(C)N(CCCO)c1ccc(CNC(C)(C)C)cc1. The second-order valence-electron chi connectivity index (χ2n) is 6.63. The van der Waals surface area contributed by atoms with E-state index >= 15 is 0 Å². The van der Waals surface area contributed by atoms with Gasteiger partial charge in [-0.3, -0.25) is 0 Å². The van der Waals surface area contributed by atoms with E-state index in [2.05, 4.69) is 69.1 Å². The van der Waals surface area contributed by atoms with Crippen molar-refractivity contribution < 1.29 is 5.11 Å². The predicted octanol–water partition coefficient (Wildman–Crippen LogP) is 3.17. The third kappa shape index (κ3) is 5.93. The van der Waals surface area contributed by atoms with E-state index < -0.39 is 0 Å². The summed E-state index contributed by atoms with van der Waals surface area (Å²) in [4.78, 5) is 2.33. The molecule has 0 saturated carbocycles. The molecule has 0 radical (unpaired) electrons. The first-order valence-corrected chi connectivity index (χ1v) is 7.55. The molecular formula is C17H30N2O. The minimum atomic E-state index is 0.143. The van der Waals surface area contributed by atoms with Gasteiger partial charge in [-0.1, -0.05) is 12.1 Å². The predicted molar refractivity (Wildman–Crippen MR) is 87.2 cm³/mol. The maximum atomic E-state index is 9.00. The molecule has 3 heteroatoms. The molecule has 114 valence electrons. The van der Waals surface area contributed by atoms with Crippen LogP contribution in [0, 0.1) is 0 Å². The maximum absolute atomic E-state index is 9.00. The fraction of sp³-hybridized carbons (Fsp3) is 0.647. The highest BCUT2D eigenvalue weighted by Gasteiger charge is 2.11. The Kier molecular flexibility index (Phi) is 6.50. The molecule has 0 aromatic heterocycles. The number of nitrogens with zero attached hydrogens (tertiary/aromatic N) is 1. The molecule has 20 heavy (non-hydrogen) atoms. The summed E-state index contributed by atoms with van der Waals surface area (Å²) in [5.41, 5.74) is 2.67. The van der Waals surface area contributed by atoms with Crippen molar-refractivity contribution in [2.24, 2.45) is 0 Å². The molecule has 0 amide bonds. The normalized spacial score (nSPS) is 11.9. The summed E-state index contributed by atoms with van der Waals surface area (Å²) in [6.45, 7) is 12.9. The van der Waals surface area contributed by atoms with Gasteiger partial charge < -0.3 is 15.3 Å². The van der Waals surface area contributed by atoms with Gasteiger partial charge in [0, 0.05) is 37.0 Å². The van der Waals surface area contributed by atoms with E-state index in [0.29, 0.717) is 6.04 Å². The molecule has 0 bridgehead atoms. The van der Waals surface area contributed by atoms with Gasteiger partial charge in [-0.05, 0) is 58.7 Å². The number of rotatable bonds is 7. The van der Waals surface area contributed by atoms with Crippen molar-refractivity contribution in [2.45, 2.75) is 59.2 Å². The van der Waals surface area contributed by atoms with Gasteiger partial charge in [0.1, 0.15) is 0 Å². The second-order valence-corrected chi connectivity index (χ2v) is 6.63. The average molecular weight is 278 g/mol. The molecule has 0 unspecified atom stereocenters. The van der Waals surface area contributed by atoms with Gasteiger partial charge in [0.2, 0.25) is 0 Å². The molecule has 0 aliphatic rings. The van der Waals surface area contributed by atoms with Crippen LogP contribution in [0.4, 0.5) is 5.69 Å². The summed E-state index contributed by atoms with van der Waals surface area (Å²) in [5, 5.41) is 12.5. The van der Waals surface area contributed by atoms with Crippen molar-refractivity contribution in [2.75, 3.05) is 18.1 Å². The fourth-order valence-electron chi connectivity index (χ4n) is 2.10. The largest absolute Gasteiger partial charge is 0.396 e. The van der Waals surface area contributed by atoms with Gasteiger partial charge in [0.05, 0.1) is 0 Å². The lowest BCUT2D eigenvalue weighted by Crippen LogP contribution is -2.35. The highest BCUT2D eigenvalue weighted by molar-refractivity contribution is 5.48. The van der Waals surface area contributed by atoms with Crippen LogP contribution in [0.25, 0.3) is 0 Å². The van der Waals surface area contributed by atoms with Crippen molar-refractivity contribution in [1.29, 1.82) is 0 Å². The molecule has 1 aromatic carbocycles. The molecule has 0 aliphatic heterocycles. The number of benzene rings is 1. The minimum Gasteiger partial charge on any atom is -0.396 e. The Labute approximate surface area is 124 Å². The van der Waals surface area contributed by atoms with Crippen LogP contribution in [0.1, 0.15) is 46.6 Å². The molecule has 0 fully saturated rings. The van der Waals surface area contributed by atoms with Crippen molar-refractivity contribution in [1.82, 2.24) is 5.32 Å². The van der Waals surface area contributed by atoms with Crippen molar-refractivity contribution in [3.05, 3.63) is 29.8 Å². The van der Waals surface area contributed by atoms with Crippen molar-refractivity contribution >= 4 is 5.69 Å².